The Balaban J connectivity index is 2.08. The molecule has 1 unspecified atom stereocenters. The van der Waals surface area contributed by atoms with Gasteiger partial charge in [-0.2, -0.15) is 0 Å². The minimum absolute atomic E-state index is 0.0471. The van der Waals surface area contributed by atoms with Gasteiger partial charge in [0.05, 0.1) is 19.3 Å². The van der Waals surface area contributed by atoms with Crippen molar-refractivity contribution < 1.29 is 9.53 Å². The second-order valence-electron chi connectivity index (χ2n) is 3.69. The molecular formula is C10H13N5O2S. The number of ether oxygens (including phenoxy) is 1. The van der Waals surface area contributed by atoms with E-state index >= 15 is 0 Å². The molecular weight excluding hydrogens is 254 g/mol. The average molecular weight is 267 g/mol. The Hall–Kier alpha value is -1.96. The first-order valence-electron chi connectivity index (χ1n) is 5.26. The maximum absolute atomic E-state index is 11.3. The Morgan fingerprint density at radius 1 is 1.61 bits per heavy atom. The monoisotopic (exact) mass is 267 g/mol. The molecule has 0 aliphatic carbocycles. The van der Waals surface area contributed by atoms with E-state index in [4.69, 9.17) is 0 Å². The highest BCUT2D eigenvalue weighted by Crippen LogP contribution is 2.23. The number of anilines is 1. The smallest absolute Gasteiger partial charge is 0.349 e. The van der Waals surface area contributed by atoms with Gasteiger partial charge >= 0.3 is 5.97 Å². The minimum atomic E-state index is -0.383. The van der Waals surface area contributed by atoms with Gasteiger partial charge in [0.25, 0.3) is 0 Å². The van der Waals surface area contributed by atoms with Crippen molar-refractivity contribution >= 4 is 22.4 Å². The van der Waals surface area contributed by atoms with Crippen LogP contribution in [-0.2, 0) is 11.8 Å². The Kier molecular flexibility index (Phi) is 3.56. The van der Waals surface area contributed by atoms with E-state index in [2.05, 4.69) is 25.2 Å². The van der Waals surface area contributed by atoms with Crippen molar-refractivity contribution in [3.63, 3.8) is 0 Å². The standard InChI is InChI=1S/C10H13N5O2S/c1-6(8-14-12-5-15(8)2)13-10-11-4-7(18-10)9(16)17-3/h4-6H,1-3H3,(H,11,13). The number of hydrogen-bond donors (Lipinski definition) is 1. The van der Waals surface area contributed by atoms with Gasteiger partial charge in [-0.05, 0) is 6.92 Å². The van der Waals surface area contributed by atoms with Crippen LogP contribution < -0.4 is 5.32 Å². The number of nitrogens with zero attached hydrogens (tertiary/aromatic N) is 4. The molecule has 0 aliphatic rings. The lowest BCUT2D eigenvalue weighted by molar-refractivity contribution is 0.0606. The maximum atomic E-state index is 11.3. The van der Waals surface area contributed by atoms with E-state index in [1.165, 1.54) is 24.6 Å². The Morgan fingerprint density at radius 2 is 2.39 bits per heavy atom. The van der Waals surface area contributed by atoms with Crippen LogP contribution in [0, 0.1) is 0 Å². The minimum Gasteiger partial charge on any atom is -0.465 e. The van der Waals surface area contributed by atoms with Crippen LogP contribution in [0.2, 0.25) is 0 Å². The van der Waals surface area contributed by atoms with Gasteiger partial charge < -0.3 is 14.6 Å². The molecule has 0 amide bonds. The largest absolute Gasteiger partial charge is 0.465 e. The van der Waals surface area contributed by atoms with Gasteiger partial charge in [0.1, 0.15) is 11.2 Å². The molecule has 2 rings (SSSR count). The molecule has 0 aromatic carbocycles. The van der Waals surface area contributed by atoms with Crippen molar-refractivity contribution in [3.8, 4) is 0 Å². The van der Waals surface area contributed by atoms with Crippen LogP contribution in [0.15, 0.2) is 12.5 Å². The third kappa shape index (κ3) is 2.48. The van der Waals surface area contributed by atoms with Gasteiger partial charge in [0, 0.05) is 7.05 Å². The molecule has 2 aromatic heterocycles. The van der Waals surface area contributed by atoms with Crippen LogP contribution in [0.3, 0.4) is 0 Å². The molecule has 0 fully saturated rings. The Morgan fingerprint density at radius 3 is 3.00 bits per heavy atom. The molecule has 1 N–H and O–H groups in total. The van der Waals surface area contributed by atoms with Crippen LogP contribution in [-0.4, -0.2) is 32.8 Å². The summed E-state index contributed by atoms with van der Waals surface area (Å²) in [6.07, 6.45) is 3.12. The first-order chi connectivity index (χ1) is 8.61. The zero-order chi connectivity index (χ0) is 13.1. The lowest BCUT2D eigenvalue weighted by Gasteiger charge is -2.11. The second-order valence-corrected chi connectivity index (χ2v) is 4.72. The van der Waals surface area contributed by atoms with Gasteiger partial charge in [-0.3, -0.25) is 0 Å². The van der Waals surface area contributed by atoms with Gasteiger partial charge in [0.2, 0.25) is 0 Å². The Labute approximate surface area is 108 Å². The number of carbonyl (C=O) groups excluding carboxylic acids is 1. The summed E-state index contributed by atoms with van der Waals surface area (Å²) >= 11 is 1.24. The molecule has 18 heavy (non-hydrogen) atoms. The van der Waals surface area contributed by atoms with Gasteiger partial charge in [-0.25, -0.2) is 9.78 Å². The maximum Gasteiger partial charge on any atom is 0.349 e. The third-order valence-electron chi connectivity index (χ3n) is 2.37. The normalized spacial score (nSPS) is 12.2. The summed E-state index contributed by atoms with van der Waals surface area (Å²) in [5, 5.41) is 11.6. The fraction of sp³-hybridized carbons (Fsp3) is 0.400. The zero-order valence-corrected chi connectivity index (χ0v) is 11.1. The van der Waals surface area contributed by atoms with E-state index in [9.17, 15) is 4.79 Å². The molecule has 2 aromatic rings. The van der Waals surface area contributed by atoms with E-state index in [0.717, 1.165) is 5.82 Å². The second kappa shape index (κ2) is 5.13. The molecule has 7 nitrogen and oxygen atoms in total. The molecule has 0 bridgehead atoms. The molecule has 0 saturated carbocycles. The predicted octanol–water partition coefficient (Wildman–Crippen LogP) is 1.23. The Bertz CT molecular complexity index is 550. The number of carbonyl (C=O) groups is 1. The average Bonchev–Trinajstić information content (AvgIpc) is 2.97. The number of esters is 1. The molecule has 0 aliphatic heterocycles. The highest BCUT2D eigenvalue weighted by molar-refractivity contribution is 7.17. The number of aryl methyl sites for hydroxylation is 1. The molecule has 2 heterocycles. The summed E-state index contributed by atoms with van der Waals surface area (Å²) in [5.41, 5.74) is 0. The number of aromatic nitrogens is 4. The van der Waals surface area contributed by atoms with Gasteiger partial charge in [-0.15, -0.1) is 10.2 Å². The predicted molar refractivity (Wildman–Crippen MR) is 66.5 cm³/mol. The quantitative estimate of drug-likeness (QED) is 0.839. The third-order valence-corrected chi connectivity index (χ3v) is 3.27. The van der Waals surface area contributed by atoms with Crippen LogP contribution in [0.4, 0.5) is 5.13 Å². The van der Waals surface area contributed by atoms with E-state index in [0.29, 0.717) is 10.0 Å². The molecule has 0 radical (unpaired) electrons. The number of nitrogens with one attached hydrogen (secondary N) is 1. The molecule has 0 spiro atoms. The fourth-order valence-electron chi connectivity index (χ4n) is 1.47. The summed E-state index contributed by atoms with van der Waals surface area (Å²) in [4.78, 5) is 15.9. The summed E-state index contributed by atoms with van der Waals surface area (Å²) in [6, 6.07) is -0.0471. The van der Waals surface area contributed by atoms with Crippen molar-refractivity contribution in [2.24, 2.45) is 7.05 Å². The van der Waals surface area contributed by atoms with Crippen molar-refractivity contribution in [1.82, 2.24) is 19.7 Å². The summed E-state index contributed by atoms with van der Waals surface area (Å²) in [7, 11) is 3.21. The topological polar surface area (TPSA) is 81.9 Å². The number of hydrogen-bond acceptors (Lipinski definition) is 7. The lowest BCUT2D eigenvalue weighted by atomic mass is 10.3. The number of thiazole rings is 1. The van der Waals surface area contributed by atoms with Crippen molar-refractivity contribution in [2.45, 2.75) is 13.0 Å². The summed E-state index contributed by atoms with van der Waals surface area (Å²) < 4.78 is 6.45. The molecule has 1 atom stereocenters. The molecule has 8 heteroatoms. The molecule has 96 valence electrons. The van der Waals surface area contributed by atoms with E-state index in [-0.39, 0.29) is 12.0 Å². The SMILES string of the molecule is COC(=O)c1cnc(NC(C)c2nncn2C)s1. The number of rotatable bonds is 4. The van der Waals surface area contributed by atoms with Crippen molar-refractivity contribution in [2.75, 3.05) is 12.4 Å². The van der Waals surface area contributed by atoms with Crippen LogP contribution in [0.25, 0.3) is 0 Å². The zero-order valence-electron chi connectivity index (χ0n) is 10.2. The van der Waals surface area contributed by atoms with Crippen molar-refractivity contribution in [3.05, 3.63) is 23.2 Å². The van der Waals surface area contributed by atoms with Crippen LogP contribution in [0.1, 0.15) is 28.5 Å². The van der Waals surface area contributed by atoms with Crippen molar-refractivity contribution in [1.29, 1.82) is 0 Å². The van der Waals surface area contributed by atoms with Crippen LogP contribution >= 0.6 is 11.3 Å². The number of methoxy groups -OCH3 is 1. The van der Waals surface area contributed by atoms with E-state index in [1.54, 1.807) is 6.33 Å². The first kappa shape index (κ1) is 12.5. The summed E-state index contributed by atoms with van der Waals surface area (Å²) in [6.45, 7) is 1.95. The summed E-state index contributed by atoms with van der Waals surface area (Å²) in [5.74, 6) is 0.414. The lowest BCUT2D eigenvalue weighted by Crippen LogP contribution is -2.11. The van der Waals surface area contributed by atoms with Gasteiger partial charge in [0.15, 0.2) is 11.0 Å². The van der Waals surface area contributed by atoms with E-state index < -0.39 is 0 Å². The highest BCUT2D eigenvalue weighted by Gasteiger charge is 2.15. The van der Waals surface area contributed by atoms with E-state index in [1.807, 2.05) is 18.5 Å². The highest BCUT2D eigenvalue weighted by atomic mass is 32.1. The van der Waals surface area contributed by atoms with Crippen LogP contribution in [0.5, 0.6) is 0 Å². The van der Waals surface area contributed by atoms with Gasteiger partial charge in [-0.1, -0.05) is 11.3 Å². The first-order valence-corrected chi connectivity index (χ1v) is 6.08. The fourth-order valence-corrected chi connectivity index (χ4v) is 2.29. The molecule has 0 saturated heterocycles.